The van der Waals surface area contributed by atoms with E-state index in [0.29, 0.717) is 18.8 Å². The lowest BCUT2D eigenvalue weighted by Crippen LogP contribution is -2.29. The molecule has 6 nitrogen and oxygen atoms in total. The normalized spacial score (nSPS) is 10.4. The number of rotatable bonds is 5. The minimum atomic E-state index is -0.551. The average Bonchev–Trinajstić information content (AvgIpc) is 2.47. The van der Waals surface area contributed by atoms with Crippen molar-refractivity contribution in [3.05, 3.63) is 52.1 Å². The van der Waals surface area contributed by atoms with Gasteiger partial charge >= 0.3 is 5.69 Å². The summed E-state index contributed by atoms with van der Waals surface area (Å²) >= 11 is 0. The number of hydrogen-bond acceptors (Lipinski definition) is 4. The van der Waals surface area contributed by atoms with Gasteiger partial charge in [0.15, 0.2) is 0 Å². The molecule has 0 spiro atoms. The van der Waals surface area contributed by atoms with Gasteiger partial charge in [0, 0.05) is 19.2 Å². The Morgan fingerprint density at radius 1 is 1.33 bits per heavy atom. The van der Waals surface area contributed by atoms with E-state index in [4.69, 9.17) is 4.74 Å². The largest absolute Gasteiger partial charge is 0.383 e. The lowest BCUT2D eigenvalue weighted by Gasteiger charge is -2.06. The molecule has 0 unspecified atom stereocenters. The van der Waals surface area contributed by atoms with Crippen LogP contribution in [0, 0.1) is 6.92 Å². The summed E-state index contributed by atoms with van der Waals surface area (Å²) in [5.41, 5.74) is 2.00. The summed E-state index contributed by atoms with van der Waals surface area (Å²) in [6.07, 6.45) is 0. The molecule has 0 saturated carbocycles. The predicted molar refractivity (Wildman–Crippen MR) is 79.2 cm³/mol. The highest BCUT2D eigenvalue weighted by atomic mass is 16.5. The first-order valence-corrected chi connectivity index (χ1v) is 6.55. The first-order valence-electron chi connectivity index (χ1n) is 6.55. The number of nitrogens with zero attached hydrogens (tertiary/aromatic N) is 1. The number of ether oxygens (including phenoxy) is 1. The number of amides is 1. The first kappa shape index (κ1) is 14.9. The van der Waals surface area contributed by atoms with Gasteiger partial charge in [-0.3, -0.25) is 4.79 Å². The van der Waals surface area contributed by atoms with E-state index >= 15 is 0 Å². The number of nitrogens with one attached hydrogen (secondary N) is 2. The van der Waals surface area contributed by atoms with Crippen molar-refractivity contribution in [2.24, 2.45) is 0 Å². The number of benzene rings is 1. The number of carbonyl (C=O) groups is 1. The standard InChI is InChI=1S/C15H17N3O3/c1-10-3-5-11(6-4-10)12-9-13(18-15(20)17-12)14(19)16-7-8-21-2/h3-6,9H,7-8H2,1-2H3,(H,16,19)(H,17,18,20). The van der Waals surface area contributed by atoms with Crippen molar-refractivity contribution in [1.82, 2.24) is 15.3 Å². The van der Waals surface area contributed by atoms with Gasteiger partial charge in [0.25, 0.3) is 5.91 Å². The van der Waals surface area contributed by atoms with E-state index < -0.39 is 5.69 Å². The smallest absolute Gasteiger partial charge is 0.346 e. The summed E-state index contributed by atoms with van der Waals surface area (Å²) < 4.78 is 4.86. The second-order valence-corrected chi connectivity index (χ2v) is 4.60. The molecule has 2 aromatic rings. The van der Waals surface area contributed by atoms with Crippen molar-refractivity contribution >= 4 is 5.91 Å². The van der Waals surface area contributed by atoms with Gasteiger partial charge in [-0.1, -0.05) is 29.8 Å². The van der Waals surface area contributed by atoms with Crippen molar-refractivity contribution in [2.75, 3.05) is 20.3 Å². The molecule has 1 heterocycles. The lowest BCUT2D eigenvalue weighted by atomic mass is 10.1. The molecule has 1 aromatic carbocycles. The van der Waals surface area contributed by atoms with Gasteiger partial charge in [-0.2, -0.15) is 4.98 Å². The summed E-state index contributed by atoms with van der Waals surface area (Å²) in [7, 11) is 1.55. The Hall–Kier alpha value is -2.47. The number of methoxy groups -OCH3 is 1. The zero-order valence-corrected chi connectivity index (χ0v) is 12.0. The number of carbonyl (C=O) groups excluding carboxylic acids is 1. The Balaban J connectivity index is 2.27. The minimum Gasteiger partial charge on any atom is -0.383 e. The number of aryl methyl sites for hydroxylation is 1. The van der Waals surface area contributed by atoms with Gasteiger partial charge in [0.2, 0.25) is 0 Å². The maximum absolute atomic E-state index is 11.9. The molecule has 0 atom stereocenters. The fraction of sp³-hybridized carbons (Fsp3) is 0.267. The van der Waals surface area contributed by atoms with Crippen LogP contribution in [0.15, 0.2) is 35.1 Å². The second kappa shape index (κ2) is 6.81. The summed E-state index contributed by atoms with van der Waals surface area (Å²) in [5, 5.41) is 2.65. The zero-order chi connectivity index (χ0) is 15.2. The SMILES string of the molecule is COCCNC(=O)c1cc(-c2ccc(C)cc2)nc(=O)[nH]1. The van der Waals surface area contributed by atoms with E-state index in [-0.39, 0.29) is 11.6 Å². The maximum Gasteiger partial charge on any atom is 0.346 e. The Morgan fingerprint density at radius 2 is 2.05 bits per heavy atom. The Labute approximate surface area is 122 Å². The molecule has 0 bridgehead atoms. The number of H-pyrrole nitrogens is 1. The predicted octanol–water partition coefficient (Wildman–Crippen LogP) is 1.12. The molecule has 0 aliphatic rings. The van der Waals surface area contributed by atoms with Crippen LogP contribution in [-0.4, -0.2) is 36.1 Å². The summed E-state index contributed by atoms with van der Waals surface area (Å²) in [4.78, 5) is 29.9. The lowest BCUT2D eigenvalue weighted by molar-refractivity contribution is 0.0931. The molecule has 0 saturated heterocycles. The zero-order valence-electron chi connectivity index (χ0n) is 12.0. The molecular weight excluding hydrogens is 270 g/mol. The van der Waals surface area contributed by atoms with Crippen LogP contribution in [0.4, 0.5) is 0 Å². The molecule has 0 aliphatic heterocycles. The maximum atomic E-state index is 11.9. The van der Waals surface area contributed by atoms with Crippen molar-refractivity contribution in [2.45, 2.75) is 6.92 Å². The summed E-state index contributed by atoms with van der Waals surface area (Å²) in [5.74, 6) is -0.361. The fourth-order valence-electron chi connectivity index (χ4n) is 1.81. The van der Waals surface area contributed by atoms with Gasteiger partial charge < -0.3 is 15.0 Å². The van der Waals surface area contributed by atoms with Crippen molar-refractivity contribution in [3.63, 3.8) is 0 Å². The monoisotopic (exact) mass is 287 g/mol. The van der Waals surface area contributed by atoms with E-state index in [0.717, 1.165) is 11.1 Å². The third kappa shape index (κ3) is 4.00. The number of aromatic nitrogens is 2. The highest BCUT2D eigenvalue weighted by Crippen LogP contribution is 2.16. The molecule has 0 radical (unpaired) electrons. The van der Waals surface area contributed by atoms with Crippen LogP contribution in [0.2, 0.25) is 0 Å². The minimum absolute atomic E-state index is 0.182. The Bertz CT molecular complexity index is 677. The number of hydrogen-bond donors (Lipinski definition) is 2. The molecule has 0 aliphatic carbocycles. The van der Waals surface area contributed by atoms with E-state index in [1.807, 2.05) is 31.2 Å². The third-order valence-corrected chi connectivity index (χ3v) is 2.93. The van der Waals surface area contributed by atoms with Crippen molar-refractivity contribution in [1.29, 1.82) is 0 Å². The van der Waals surface area contributed by atoms with Crippen LogP contribution in [-0.2, 0) is 4.74 Å². The molecule has 2 N–H and O–H groups in total. The average molecular weight is 287 g/mol. The highest BCUT2D eigenvalue weighted by molar-refractivity contribution is 5.93. The van der Waals surface area contributed by atoms with E-state index in [9.17, 15) is 9.59 Å². The van der Waals surface area contributed by atoms with E-state index in [1.54, 1.807) is 13.2 Å². The fourth-order valence-corrected chi connectivity index (χ4v) is 1.81. The van der Waals surface area contributed by atoms with Crippen LogP contribution in [0.3, 0.4) is 0 Å². The van der Waals surface area contributed by atoms with Crippen LogP contribution < -0.4 is 11.0 Å². The molecule has 1 amide bonds. The number of aromatic amines is 1. The van der Waals surface area contributed by atoms with Gasteiger partial charge in [0.05, 0.1) is 12.3 Å². The van der Waals surface area contributed by atoms with Crippen LogP contribution in [0.25, 0.3) is 11.3 Å². The first-order chi connectivity index (χ1) is 10.1. The summed E-state index contributed by atoms with van der Waals surface area (Å²) in [6.45, 7) is 2.76. The van der Waals surface area contributed by atoms with Crippen molar-refractivity contribution in [3.8, 4) is 11.3 Å². The molecular formula is C15H17N3O3. The Morgan fingerprint density at radius 3 is 2.71 bits per heavy atom. The van der Waals surface area contributed by atoms with Gasteiger partial charge in [0.1, 0.15) is 5.69 Å². The van der Waals surface area contributed by atoms with Gasteiger partial charge in [-0.05, 0) is 13.0 Å². The van der Waals surface area contributed by atoms with E-state index in [2.05, 4.69) is 15.3 Å². The molecule has 0 fully saturated rings. The summed E-state index contributed by atoms with van der Waals surface area (Å²) in [6, 6.07) is 9.15. The second-order valence-electron chi connectivity index (χ2n) is 4.60. The van der Waals surface area contributed by atoms with Crippen LogP contribution in [0.5, 0.6) is 0 Å². The van der Waals surface area contributed by atoms with E-state index in [1.165, 1.54) is 0 Å². The van der Waals surface area contributed by atoms with Crippen LogP contribution >= 0.6 is 0 Å². The van der Waals surface area contributed by atoms with Crippen LogP contribution in [0.1, 0.15) is 16.1 Å². The molecule has 21 heavy (non-hydrogen) atoms. The van der Waals surface area contributed by atoms with Gasteiger partial charge in [-0.25, -0.2) is 4.79 Å². The van der Waals surface area contributed by atoms with Crippen molar-refractivity contribution < 1.29 is 9.53 Å². The third-order valence-electron chi connectivity index (χ3n) is 2.93. The molecule has 1 aromatic heterocycles. The quantitative estimate of drug-likeness (QED) is 0.807. The molecule has 2 rings (SSSR count). The van der Waals surface area contributed by atoms with Gasteiger partial charge in [-0.15, -0.1) is 0 Å². The highest BCUT2D eigenvalue weighted by Gasteiger charge is 2.10. The Kier molecular flexibility index (Phi) is 4.84. The molecule has 110 valence electrons. The topological polar surface area (TPSA) is 84.1 Å². The molecule has 6 heteroatoms.